The molecule has 6 nitrogen and oxygen atoms in total. The minimum absolute atomic E-state index is 0.112. The van der Waals surface area contributed by atoms with Crippen molar-refractivity contribution in [1.82, 2.24) is 24.1 Å². The van der Waals surface area contributed by atoms with E-state index in [4.69, 9.17) is 21.6 Å². The number of hydrogen-bond donors (Lipinski definition) is 0. The third-order valence-electron chi connectivity index (χ3n) is 4.86. The monoisotopic (exact) mass is 403 g/mol. The fraction of sp³-hybridized carbons (Fsp3) is 0.182. The van der Waals surface area contributed by atoms with Crippen LogP contribution in [0.5, 0.6) is 0 Å². The number of fused-ring (bicyclic) bond motifs is 4. The molecule has 0 aliphatic rings. The van der Waals surface area contributed by atoms with Gasteiger partial charge in [0.05, 0.1) is 23.0 Å². The molecule has 7 heteroatoms. The molecule has 0 spiro atoms. The molecule has 29 heavy (non-hydrogen) atoms. The van der Waals surface area contributed by atoms with Crippen LogP contribution >= 0.6 is 11.6 Å². The molecule has 0 saturated carbocycles. The highest BCUT2D eigenvalue weighted by Gasteiger charge is 2.21. The van der Waals surface area contributed by atoms with E-state index in [1.54, 1.807) is 10.9 Å². The molecule has 0 unspecified atom stereocenters. The van der Waals surface area contributed by atoms with Gasteiger partial charge in [0.25, 0.3) is 5.56 Å². The molecule has 2 aromatic carbocycles. The van der Waals surface area contributed by atoms with Gasteiger partial charge in [-0.1, -0.05) is 43.6 Å². The molecular formula is C22H18ClN5O. The van der Waals surface area contributed by atoms with Crippen LogP contribution < -0.4 is 5.56 Å². The molecule has 0 amide bonds. The second-order valence-corrected chi connectivity index (χ2v) is 7.93. The van der Waals surface area contributed by atoms with E-state index in [0.29, 0.717) is 39.7 Å². The summed E-state index contributed by atoms with van der Waals surface area (Å²) in [5.74, 6) is 0.320. The molecule has 0 aliphatic carbocycles. The van der Waals surface area contributed by atoms with Crippen molar-refractivity contribution in [3.8, 4) is 5.69 Å². The Labute approximate surface area is 171 Å². The van der Waals surface area contributed by atoms with Gasteiger partial charge in [-0.15, -0.1) is 0 Å². The maximum atomic E-state index is 13.3. The predicted molar refractivity (Wildman–Crippen MR) is 116 cm³/mol. The van der Waals surface area contributed by atoms with E-state index < -0.39 is 0 Å². The molecule has 0 saturated heterocycles. The van der Waals surface area contributed by atoms with Gasteiger partial charge in [0.15, 0.2) is 11.3 Å². The number of hydrogen-bond acceptors (Lipinski definition) is 4. The molecule has 0 atom stereocenters. The molecule has 3 heterocycles. The van der Waals surface area contributed by atoms with Crippen molar-refractivity contribution >= 4 is 44.8 Å². The number of nitrogens with zero attached hydrogens (tertiary/aromatic N) is 5. The Kier molecular flexibility index (Phi) is 4.10. The predicted octanol–water partition coefficient (Wildman–Crippen LogP) is 4.59. The van der Waals surface area contributed by atoms with E-state index in [1.165, 1.54) is 0 Å². The zero-order chi connectivity index (χ0) is 20.1. The Balaban J connectivity index is 1.97. The Bertz CT molecular complexity index is 1450. The van der Waals surface area contributed by atoms with Gasteiger partial charge in [-0.25, -0.2) is 15.0 Å². The van der Waals surface area contributed by atoms with E-state index in [2.05, 4.69) is 18.8 Å². The van der Waals surface area contributed by atoms with Gasteiger partial charge < -0.3 is 0 Å². The molecule has 5 aromatic rings. The van der Waals surface area contributed by atoms with E-state index in [-0.39, 0.29) is 5.56 Å². The first kappa shape index (κ1) is 17.8. The van der Waals surface area contributed by atoms with Gasteiger partial charge in [-0.3, -0.25) is 13.9 Å². The van der Waals surface area contributed by atoms with Crippen LogP contribution in [0.3, 0.4) is 0 Å². The average molecular weight is 404 g/mol. The Hall–Kier alpha value is -3.25. The highest BCUT2D eigenvalue weighted by atomic mass is 35.5. The summed E-state index contributed by atoms with van der Waals surface area (Å²) in [6, 6.07) is 15.1. The Morgan fingerprint density at radius 1 is 1.00 bits per heavy atom. The molecule has 5 rings (SSSR count). The fourth-order valence-corrected chi connectivity index (χ4v) is 3.84. The average Bonchev–Trinajstić information content (AvgIpc) is 3.02. The number of halogens is 1. The topological polar surface area (TPSA) is 65.6 Å². The molecule has 0 radical (unpaired) electrons. The molecule has 3 aromatic heterocycles. The Morgan fingerprint density at radius 2 is 1.76 bits per heavy atom. The fourth-order valence-electron chi connectivity index (χ4n) is 3.66. The van der Waals surface area contributed by atoms with Crippen molar-refractivity contribution < 1.29 is 0 Å². The summed E-state index contributed by atoms with van der Waals surface area (Å²) in [5.41, 5.74) is 3.84. The van der Waals surface area contributed by atoms with Gasteiger partial charge in [0, 0.05) is 11.6 Å². The van der Waals surface area contributed by atoms with Crippen LogP contribution in [-0.4, -0.2) is 24.1 Å². The van der Waals surface area contributed by atoms with Crippen molar-refractivity contribution in [2.24, 2.45) is 5.92 Å². The summed E-state index contributed by atoms with van der Waals surface area (Å²) in [5, 5.41) is 1.07. The van der Waals surface area contributed by atoms with Gasteiger partial charge in [0.2, 0.25) is 0 Å². The molecule has 0 fully saturated rings. The maximum absolute atomic E-state index is 13.3. The van der Waals surface area contributed by atoms with E-state index in [0.717, 1.165) is 16.7 Å². The number of para-hydroxylation sites is 2. The van der Waals surface area contributed by atoms with Crippen LogP contribution in [0.2, 0.25) is 5.02 Å². The van der Waals surface area contributed by atoms with E-state index in [9.17, 15) is 4.79 Å². The van der Waals surface area contributed by atoms with E-state index in [1.807, 2.05) is 53.1 Å². The summed E-state index contributed by atoms with van der Waals surface area (Å²) in [7, 11) is 0. The summed E-state index contributed by atoms with van der Waals surface area (Å²) in [6.07, 6.45) is 1.60. The number of rotatable bonds is 3. The van der Waals surface area contributed by atoms with Gasteiger partial charge in [-0.05, 0) is 36.2 Å². The first-order valence-corrected chi connectivity index (χ1v) is 9.83. The summed E-state index contributed by atoms with van der Waals surface area (Å²) in [4.78, 5) is 27.6. The van der Waals surface area contributed by atoms with Crippen molar-refractivity contribution in [3.63, 3.8) is 0 Å². The highest BCUT2D eigenvalue weighted by molar-refractivity contribution is 6.30. The molecule has 144 valence electrons. The van der Waals surface area contributed by atoms with Crippen LogP contribution in [0.15, 0.2) is 59.7 Å². The molecule has 0 bridgehead atoms. The second kappa shape index (κ2) is 6.67. The van der Waals surface area contributed by atoms with Crippen molar-refractivity contribution in [3.05, 3.63) is 70.2 Å². The smallest absolute Gasteiger partial charge is 0.265 e. The largest absolute Gasteiger partial charge is 0.298 e. The lowest BCUT2D eigenvalue weighted by molar-refractivity contribution is 0.508. The zero-order valence-corrected chi connectivity index (χ0v) is 16.8. The lowest BCUT2D eigenvalue weighted by Gasteiger charge is -2.09. The third kappa shape index (κ3) is 2.87. The number of aromatic nitrogens is 5. The van der Waals surface area contributed by atoms with Gasteiger partial charge in [-0.2, -0.15) is 0 Å². The van der Waals surface area contributed by atoms with Crippen LogP contribution in [0, 0.1) is 5.92 Å². The molecular weight excluding hydrogens is 386 g/mol. The second-order valence-electron chi connectivity index (χ2n) is 7.49. The van der Waals surface area contributed by atoms with Crippen molar-refractivity contribution in [2.75, 3.05) is 0 Å². The van der Waals surface area contributed by atoms with Gasteiger partial charge >= 0.3 is 0 Å². The quantitative estimate of drug-likeness (QED) is 0.442. The lowest BCUT2D eigenvalue weighted by Crippen LogP contribution is -2.23. The van der Waals surface area contributed by atoms with Crippen LogP contribution in [0.1, 0.15) is 13.8 Å². The van der Waals surface area contributed by atoms with Crippen LogP contribution in [0.25, 0.3) is 38.9 Å². The molecule has 0 N–H and O–H groups in total. The SMILES string of the molecule is CC(C)Cn1cnc2c(c1=O)c1nc3ccccc3nc1n2-c1cccc(Cl)c1. The highest BCUT2D eigenvalue weighted by Crippen LogP contribution is 2.29. The Morgan fingerprint density at radius 3 is 2.48 bits per heavy atom. The maximum Gasteiger partial charge on any atom is 0.265 e. The van der Waals surface area contributed by atoms with E-state index >= 15 is 0 Å². The standard InChI is InChI=1S/C22H18ClN5O/c1-13(2)11-27-12-24-20-18(22(27)29)19-21(26-17-9-4-3-8-16(17)25-19)28(20)15-7-5-6-14(23)10-15/h3-10,12-13H,11H2,1-2H3. The first-order valence-electron chi connectivity index (χ1n) is 9.45. The van der Waals surface area contributed by atoms with Crippen molar-refractivity contribution in [1.29, 1.82) is 0 Å². The number of benzene rings is 2. The minimum Gasteiger partial charge on any atom is -0.298 e. The van der Waals surface area contributed by atoms with Crippen LogP contribution in [0.4, 0.5) is 0 Å². The van der Waals surface area contributed by atoms with Gasteiger partial charge in [0.1, 0.15) is 10.9 Å². The summed E-state index contributed by atoms with van der Waals surface area (Å²) in [6.45, 7) is 4.73. The normalized spacial score (nSPS) is 11.9. The lowest BCUT2D eigenvalue weighted by atomic mass is 10.2. The third-order valence-corrected chi connectivity index (χ3v) is 5.09. The molecule has 0 aliphatic heterocycles. The first-order chi connectivity index (χ1) is 14.0. The minimum atomic E-state index is -0.112. The van der Waals surface area contributed by atoms with Crippen LogP contribution in [-0.2, 0) is 6.54 Å². The summed E-state index contributed by atoms with van der Waals surface area (Å²) >= 11 is 6.24. The zero-order valence-electron chi connectivity index (χ0n) is 16.0. The summed E-state index contributed by atoms with van der Waals surface area (Å²) < 4.78 is 3.50. The van der Waals surface area contributed by atoms with Crippen molar-refractivity contribution in [2.45, 2.75) is 20.4 Å².